The Labute approximate surface area is 127 Å². The van der Waals surface area contributed by atoms with Crippen molar-refractivity contribution in [3.05, 3.63) is 17.7 Å². The number of hydrogen-bond donors (Lipinski definition) is 0. The lowest BCUT2D eigenvalue weighted by Gasteiger charge is -2.31. The van der Waals surface area contributed by atoms with E-state index in [2.05, 4.69) is 42.6 Å². The van der Waals surface area contributed by atoms with Gasteiger partial charge in [0, 0.05) is 25.6 Å². The quantitative estimate of drug-likeness (QED) is 0.688. The third-order valence-electron chi connectivity index (χ3n) is 3.48. The lowest BCUT2D eigenvalue weighted by atomic mass is 10.1. The second kappa shape index (κ2) is 8.42. The van der Waals surface area contributed by atoms with E-state index >= 15 is 0 Å². The van der Waals surface area contributed by atoms with Crippen molar-refractivity contribution in [3.8, 4) is 0 Å². The average molecular weight is 300 g/mol. The van der Waals surface area contributed by atoms with Gasteiger partial charge in [0.1, 0.15) is 5.82 Å². The van der Waals surface area contributed by atoms with Crippen LogP contribution in [0.1, 0.15) is 51.6 Å². The van der Waals surface area contributed by atoms with E-state index in [0.717, 1.165) is 30.2 Å². The minimum atomic E-state index is 0.307. The van der Waals surface area contributed by atoms with E-state index in [9.17, 15) is 0 Å². The van der Waals surface area contributed by atoms with Crippen molar-refractivity contribution < 1.29 is 4.74 Å². The number of rotatable bonds is 8. The number of nitrogens with zero attached hydrogens (tertiary/aromatic N) is 3. The van der Waals surface area contributed by atoms with Gasteiger partial charge in [-0.1, -0.05) is 20.8 Å². The van der Waals surface area contributed by atoms with Crippen molar-refractivity contribution in [2.45, 2.75) is 52.0 Å². The Bertz CT molecular complexity index is 412. The number of halogens is 1. The SMILES string of the molecule is CCC(C)N(CCOC)c1cnc(C(C)C)nc1CCl. The van der Waals surface area contributed by atoms with Crippen LogP contribution in [0.2, 0.25) is 0 Å². The highest BCUT2D eigenvalue weighted by Gasteiger charge is 2.18. The Morgan fingerprint density at radius 3 is 2.55 bits per heavy atom. The van der Waals surface area contributed by atoms with E-state index < -0.39 is 0 Å². The fourth-order valence-electron chi connectivity index (χ4n) is 2.03. The van der Waals surface area contributed by atoms with E-state index in [1.807, 2.05) is 6.20 Å². The van der Waals surface area contributed by atoms with Crippen LogP contribution < -0.4 is 4.90 Å². The van der Waals surface area contributed by atoms with Crippen LogP contribution in [0.5, 0.6) is 0 Å². The normalized spacial score (nSPS) is 12.8. The highest BCUT2D eigenvalue weighted by atomic mass is 35.5. The van der Waals surface area contributed by atoms with Crippen LogP contribution >= 0.6 is 11.6 Å². The molecule has 1 unspecified atom stereocenters. The Balaban J connectivity index is 3.11. The molecule has 0 saturated carbocycles. The summed E-state index contributed by atoms with van der Waals surface area (Å²) in [5.41, 5.74) is 1.93. The van der Waals surface area contributed by atoms with E-state index in [0.29, 0.717) is 24.4 Å². The molecule has 0 amide bonds. The molecule has 0 saturated heterocycles. The minimum Gasteiger partial charge on any atom is -0.383 e. The molecular formula is C15H26ClN3O. The summed E-state index contributed by atoms with van der Waals surface area (Å²) < 4.78 is 5.21. The van der Waals surface area contributed by atoms with Gasteiger partial charge in [0.25, 0.3) is 0 Å². The molecule has 0 aliphatic carbocycles. The molecule has 0 N–H and O–H groups in total. The molecule has 1 aromatic heterocycles. The largest absolute Gasteiger partial charge is 0.383 e. The maximum atomic E-state index is 6.09. The van der Waals surface area contributed by atoms with Crippen molar-refractivity contribution in [1.82, 2.24) is 9.97 Å². The van der Waals surface area contributed by atoms with Crippen LogP contribution in [-0.2, 0) is 10.6 Å². The zero-order valence-corrected chi connectivity index (χ0v) is 13.9. The number of alkyl halides is 1. The highest BCUT2D eigenvalue weighted by molar-refractivity contribution is 6.17. The van der Waals surface area contributed by atoms with Gasteiger partial charge in [-0.25, -0.2) is 9.97 Å². The summed E-state index contributed by atoms with van der Waals surface area (Å²) in [5, 5.41) is 0. The maximum absolute atomic E-state index is 6.09. The smallest absolute Gasteiger partial charge is 0.131 e. The Kier molecular flexibility index (Phi) is 7.24. The number of hydrogen-bond acceptors (Lipinski definition) is 4. The third-order valence-corrected chi connectivity index (χ3v) is 3.73. The van der Waals surface area contributed by atoms with E-state index in [1.165, 1.54) is 0 Å². The zero-order chi connectivity index (χ0) is 15.1. The summed E-state index contributed by atoms with van der Waals surface area (Å²) in [6, 6.07) is 0.403. The van der Waals surface area contributed by atoms with Gasteiger partial charge in [-0.15, -0.1) is 11.6 Å². The van der Waals surface area contributed by atoms with Crippen molar-refractivity contribution in [1.29, 1.82) is 0 Å². The molecule has 0 aliphatic rings. The van der Waals surface area contributed by atoms with Gasteiger partial charge in [0.15, 0.2) is 0 Å². The predicted octanol–water partition coefficient (Wildman–Crippen LogP) is 3.59. The second-order valence-corrected chi connectivity index (χ2v) is 5.56. The van der Waals surface area contributed by atoms with E-state index in [1.54, 1.807) is 7.11 Å². The number of anilines is 1. The van der Waals surface area contributed by atoms with Crippen molar-refractivity contribution >= 4 is 17.3 Å². The molecule has 5 heteroatoms. The van der Waals surface area contributed by atoms with Gasteiger partial charge in [0.2, 0.25) is 0 Å². The van der Waals surface area contributed by atoms with Gasteiger partial charge < -0.3 is 9.64 Å². The highest BCUT2D eigenvalue weighted by Crippen LogP contribution is 2.24. The second-order valence-electron chi connectivity index (χ2n) is 5.29. The fraction of sp³-hybridized carbons (Fsp3) is 0.733. The molecule has 1 atom stereocenters. The summed E-state index contributed by atoms with van der Waals surface area (Å²) in [5.74, 6) is 1.56. The van der Waals surface area contributed by atoms with Crippen LogP contribution in [0.3, 0.4) is 0 Å². The molecule has 0 aliphatic heterocycles. The molecule has 0 radical (unpaired) electrons. The first-order chi connectivity index (χ1) is 9.54. The molecule has 0 aromatic carbocycles. The first-order valence-corrected chi connectivity index (χ1v) is 7.75. The number of aromatic nitrogens is 2. The molecule has 1 aromatic rings. The first kappa shape index (κ1) is 17.2. The summed E-state index contributed by atoms with van der Waals surface area (Å²) in [6.07, 6.45) is 2.96. The molecule has 0 fully saturated rings. The number of ether oxygens (including phenoxy) is 1. The lowest BCUT2D eigenvalue weighted by Crippen LogP contribution is -2.36. The maximum Gasteiger partial charge on any atom is 0.131 e. The number of methoxy groups -OCH3 is 1. The van der Waals surface area contributed by atoms with Crippen LogP contribution in [0, 0.1) is 0 Å². The van der Waals surface area contributed by atoms with Crippen molar-refractivity contribution in [3.63, 3.8) is 0 Å². The standard InChI is InChI=1S/C15H26ClN3O/c1-6-12(4)19(7-8-20-5)14-10-17-15(11(2)3)18-13(14)9-16/h10-12H,6-9H2,1-5H3. The van der Waals surface area contributed by atoms with E-state index in [-0.39, 0.29) is 0 Å². The topological polar surface area (TPSA) is 38.2 Å². The molecule has 20 heavy (non-hydrogen) atoms. The molecule has 4 nitrogen and oxygen atoms in total. The van der Waals surface area contributed by atoms with Crippen LogP contribution in [0.15, 0.2) is 6.20 Å². The van der Waals surface area contributed by atoms with Gasteiger partial charge in [-0.05, 0) is 13.3 Å². The third kappa shape index (κ3) is 4.32. The Morgan fingerprint density at radius 2 is 2.05 bits per heavy atom. The first-order valence-electron chi connectivity index (χ1n) is 7.22. The van der Waals surface area contributed by atoms with Crippen molar-refractivity contribution in [2.24, 2.45) is 0 Å². The Hall–Kier alpha value is -0.870. The minimum absolute atomic E-state index is 0.307. The van der Waals surface area contributed by atoms with Crippen LogP contribution in [-0.4, -0.2) is 36.3 Å². The summed E-state index contributed by atoms with van der Waals surface area (Å²) in [4.78, 5) is 11.4. The van der Waals surface area contributed by atoms with Gasteiger partial charge in [-0.3, -0.25) is 0 Å². The van der Waals surface area contributed by atoms with Crippen molar-refractivity contribution in [2.75, 3.05) is 25.2 Å². The molecule has 1 heterocycles. The van der Waals surface area contributed by atoms with Gasteiger partial charge >= 0.3 is 0 Å². The molecule has 1 rings (SSSR count). The molecule has 114 valence electrons. The Morgan fingerprint density at radius 1 is 1.35 bits per heavy atom. The van der Waals surface area contributed by atoms with E-state index in [4.69, 9.17) is 16.3 Å². The molecular weight excluding hydrogens is 274 g/mol. The zero-order valence-electron chi connectivity index (χ0n) is 13.2. The lowest BCUT2D eigenvalue weighted by molar-refractivity contribution is 0.203. The fourth-order valence-corrected chi connectivity index (χ4v) is 2.23. The van der Waals surface area contributed by atoms with Crippen LogP contribution in [0.4, 0.5) is 5.69 Å². The van der Waals surface area contributed by atoms with Crippen LogP contribution in [0.25, 0.3) is 0 Å². The predicted molar refractivity (Wildman–Crippen MR) is 84.7 cm³/mol. The summed E-state index contributed by atoms with van der Waals surface area (Å²) in [6.45, 7) is 10.0. The van der Waals surface area contributed by atoms with Gasteiger partial charge in [0.05, 0.1) is 30.1 Å². The summed E-state index contributed by atoms with van der Waals surface area (Å²) >= 11 is 6.09. The molecule has 0 spiro atoms. The molecule has 0 bridgehead atoms. The summed E-state index contributed by atoms with van der Waals surface area (Å²) in [7, 11) is 1.72. The monoisotopic (exact) mass is 299 g/mol. The van der Waals surface area contributed by atoms with Gasteiger partial charge in [-0.2, -0.15) is 0 Å². The average Bonchev–Trinajstić information content (AvgIpc) is 2.47.